The number of alkyl halides is 4. The second kappa shape index (κ2) is 16.3. The molecular weight excluding hydrogens is 975 g/mol. The number of ketones is 3. The van der Waals surface area contributed by atoms with Crippen molar-refractivity contribution in [3.05, 3.63) is 47.6 Å². The first-order valence-electron chi connectivity index (χ1n) is 20.9. The molecule has 362 valence electrons. The van der Waals surface area contributed by atoms with E-state index in [4.69, 9.17) is 5.26 Å². The van der Waals surface area contributed by atoms with Gasteiger partial charge in [-0.2, -0.15) is 0 Å². The van der Waals surface area contributed by atoms with E-state index in [0.717, 1.165) is 12.2 Å². The molecule has 8 rings (SSSR count). The van der Waals surface area contributed by atoms with Crippen molar-refractivity contribution < 1.29 is 114 Å². The molecule has 0 aliphatic heterocycles. The molecule has 21 heteroatoms. The van der Waals surface area contributed by atoms with Gasteiger partial charge in [0.25, 0.3) is 0 Å². The Morgan fingerprint density at radius 1 is 0.750 bits per heavy atom. The van der Waals surface area contributed by atoms with Crippen LogP contribution in [0.15, 0.2) is 47.6 Å². The van der Waals surface area contributed by atoms with E-state index in [2.05, 4.69) is 8.26 Å². The fourth-order valence-corrected chi connectivity index (χ4v) is 14.5. The predicted octanol–water partition coefficient (Wildman–Crippen LogP) is -1.99. The highest BCUT2D eigenvalue weighted by Gasteiger charge is 2.78. The van der Waals surface area contributed by atoms with Crippen molar-refractivity contribution in [2.24, 2.45) is 57.2 Å². The maximum atomic E-state index is 16.9. The quantitative estimate of drug-likeness (QED) is 0.0679. The molecule has 0 spiro atoms. The summed E-state index contributed by atoms with van der Waals surface area (Å²) in [4.78, 5) is 48.1. The van der Waals surface area contributed by atoms with Gasteiger partial charge in [-0.15, -0.1) is 0 Å². The number of hydrogen-bond donors (Lipinski definition) is 7. The molecule has 0 bridgehead atoms. The van der Waals surface area contributed by atoms with Crippen molar-refractivity contribution in [1.29, 1.82) is 0 Å². The minimum Gasteiger partial charge on any atom is -0.479 e. The number of allylic oxidation sites excluding steroid dienone is 8. The van der Waals surface area contributed by atoms with Crippen LogP contribution in [0, 0.1) is 57.2 Å². The monoisotopic (exact) mass is 1030 g/mol. The van der Waals surface area contributed by atoms with Gasteiger partial charge in [-0.3, -0.25) is 24.7 Å². The zero-order valence-electron chi connectivity index (χ0n) is 35.9. The molecule has 18 atom stereocenters. The molecule has 8 aliphatic rings. The topological polar surface area (TPSA) is 298 Å². The Bertz CT molecular complexity index is 2090. The number of aliphatic carboxylic acids is 1. The molecule has 0 amide bonds. The van der Waals surface area contributed by atoms with Crippen LogP contribution in [0.3, 0.4) is 0 Å². The molecule has 0 heterocycles. The van der Waals surface area contributed by atoms with Crippen LogP contribution in [0.25, 0.3) is 0 Å². The highest BCUT2D eigenvalue weighted by molar-refractivity contribution is 6.02. The van der Waals surface area contributed by atoms with Gasteiger partial charge in [0, 0.05) is 41.4 Å². The number of carbonyl (C=O) groups is 4. The maximum absolute atomic E-state index is 16.9. The Kier molecular flexibility index (Phi) is 13.0. The average Bonchev–Trinajstić information content (AvgIpc) is 3.53. The molecular formula is C43H59F4IO16. The molecule has 7 N–H and O–H groups in total. The van der Waals surface area contributed by atoms with E-state index in [1.165, 1.54) is 38.2 Å². The first-order valence-corrected chi connectivity index (χ1v) is 24.5. The fourth-order valence-electron chi connectivity index (χ4n) is 14.3. The molecule has 4 unspecified atom stereocenters. The second-order valence-electron chi connectivity index (χ2n) is 19.9. The number of aliphatic hydroxyl groups excluding tert-OH is 3. The first kappa shape index (κ1) is 50.9. The number of carboxylic acids is 1. The number of halogens is 5. The van der Waals surface area contributed by atoms with Gasteiger partial charge < -0.3 is 30.6 Å². The molecule has 0 radical (unpaired) electrons. The first-order chi connectivity index (χ1) is 29.3. The van der Waals surface area contributed by atoms with Gasteiger partial charge in [-0.1, -0.05) is 39.8 Å². The number of aliphatic hydroxyl groups is 5. The van der Waals surface area contributed by atoms with E-state index in [0.29, 0.717) is 0 Å². The number of rotatable bonds is 5. The van der Waals surface area contributed by atoms with Crippen LogP contribution in [0.5, 0.6) is 0 Å². The lowest BCUT2D eigenvalue weighted by molar-refractivity contribution is -1.93. The number of carboxylic acid groups (broad SMARTS) is 1. The molecule has 8 aliphatic carbocycles. The van der Waals surface area contributed by atoms with Crippen LogP contribution in [-0.4, -0.2) is 113 Å². The van der Waals surface area contributed by atoms with E-state index >= 15 is 17.6 Å². The van der Waals surface area contributed by atoms with Crippen molar-refractivity contribution in [3.8, 4) is 0 Å². The third-order valence-corrected chi connectivity index (χ3v) is 18.0. The minimum absolute atomic E-state index is 0. The fraction of sp³-hybridized carbons (Fsp3) is 0.721. The standard InChI is InChI=1S/C22H28F2O5.C21H26F2O5.HIO6.2H2/c1-11-6-13-14-8-16(23)15-7-12(26)4-5-19(15,2)21(14,24)17(27)9-20(13,3)22(11,29)18(28)10-25;1-10-6-12-13-8-15(22)14-7-11(24)4-5-18(14,2)20(13,23)16(25)9-19(12,3)21(10,28)17(26)27;2-1(3,4)6-7-5;;/h4-5,7,11,13-14,16-17,25,27,29H,6,8-10H2,1-3H3;4-5,7,10,12-13,15-16,25,28H,6,8-9H2,1-3H3,(H,26,27);5H;2*1H/t11-,13?,14?,16+,17+,19+,20+,21+,22+;10-,12?,13?,15+,16+,18+,19+,20+,21+;;;/m11.../s1. The smallest absolute Gasteiger partial charge is 0.426 e. The lowest BCUT2D eigenvalue weighted by Crippen LogP contribution is -4.24. The highest BCUT2D eigenvalue weighted by atomic mass is 127. The van der Waals surface area contributed by atoms with Crippen LogP contribution < -0.4 is 30.4 Å². The third-order valence-electron chi connectivity index (χ3n) is 17.4. The third kappa shape index (κ3) is 6.75. The Labute approximate surface area is 374 Å². The van der Waals surface area contributed by atoms with Crippen LogP contribution in [-0.2, 0) is 27.4 Å². The summed E-state index contributed by atoms with van der Waals surface area (Å²) in [5, 5.41) is 73.4. The lowest BCUT2D eigenvalue weighted by atomic mass is 9.44. The molecule has 0 aromatic heterocycles. The van der Waals surface area contributed by atoms with E-state index < -0.39 is 154 Å². The largest absolute Gasteiger partial charge is 0.479 e. The predicted molar refractivity (Wildman–Crippen MR) is 205 cm³/mol. The van der Waals surface area contributed by atoms with Crippen molar-refractivity contribution in [2.75, 3.05) is 6.61 Å². The van der Waals surface area contributed by atoms with Crippen molar-refractivity contribution in [2.45, 2.75) is 127 Å². The molecule has 16 nitrogen and oxygen atoms in total. The van der Waals surface area contributed by atoms with E-state index in [9.17, 15) is 60.1 Å². The van der Waals surface area contributed by atoms with Crippen LogP contribution in [0.4, 0.5) is 17.6 Å². The van der Waals surface area contributed by atoms with E-state index in [1.54, 1.807) is 27.7 Å². The van der Waals surface area contributed by atoms with Gasteiger partial charge in [0.1, 0.15) is 24.6 Å². The summed E-state index contributed by atoms with van der Waals surface area (Å²) in [5.41, 5.74) is -14.0. The molecule has 0 aromatic carbocycles. The number of fused-ring (bicyclic) bond motifs is 10. The summed E-state index contributed by atoms with van der Waals surface area (Å²) in [6.45, 7) is 8.63. The van der Waals surface area contributed by atoms with Crippen molar-refractivity contribution in [1.82, 2.24) is 0 Å². The lowest BCUT2D eigenvalue weighted by Gasteiger charge is -2.63. The van der Waals surface area contributed by atoms with Gasteiger partial charge in [0.2, 0.25) is 3.22 Å². The van der Waals surface area contributed by atoms with Crippen LogP contribution in [0.2, 0.25) is 0 Å². The second-order valence-corrected chi connectivity index (χ2v) is 22.4. The maximum Gasteiger partial charge on any atom is 0.426 e. The van der Waals surface area contributed by atoms with Crippen molar-refractivity contribution in [3.63, 3.8) is 0 Å². The van der Waals surface area contributed by atoms with Gasteiger partial charge >= 0.3 is 26.1 Å². The average molecular weight is 1030 g/mol. The Morgan fingerprint density at radius 2 is 1.12 bits per heavy atom. The minimum atomic E-state index is -5.74. The number of hydrogen-bond acceptors (Lipinski definition) is 15. The summed E-state index contributed by atoms with van der Waals surface area (Å²) in [6.07, 6.45) is 0.641. The Morgan fingerprint density at radius 3 is 1.45 bits per heavy atom. The normalized spacial score (nSPS) is 49.8. The highest BCUT2D eigenvalue weighted by Crippen LogP contribution is 2.72. The molecule has 64 heavy (non-hydrogen) atoms. The molecule has 0 saturated heterocycles. The molecule has 6 fully saturated rings. The van der Waals surface area contributed by atoms with Crippen LogP contribution >= 0.6 is 0 Å². The SMILES string of the molecule is C[C@@H]1CC2C3C[C@H](F)C4=CC(=O)C=C[C@]4(C)[C@@]3(F)[C@@H](O)C[C@]2(C)[C@@]1(O)C(=O)CO.C[C@@H]1CC2C3C[C@H](F)C4=CC(=O)C=C[C@]4(C)[C@@]3(F)[C@@H](O)C[C@]2(C)[C@@]1(O)C(=O)O.[HH].[HH].[O-][I+3]([O-])([O-])OOO. The van der Waals surface area contributed by atoms with Crippen LogP contribution in [0.1, 0.15) is 82.9 Å². The van der Waals surface area contributed by atoms with E-state index in [1.807, 2.05) is 0 Å². The zero-order valence-corrected chi connectivity index (χ0v) is 38.0. The number of Topliss-reactive ketones (excluding diaryl/α,β-unsaturated/α-hetero) is 1. The summed E-state index contributed by atoms with van der Waals surface area (Å²) in [7, 11) is 0. The van der Waals surface area contributed by atoms with Gasteiger partial charge in [0.05, 0.1) is 12.2 Å². The zero-order chi connectivity index (χ0) is 48.3. The summed E-state index contributed by atoms with van der Waals surface area (Å²) in [6, 6.07) is 0. The summed E-state index contributed by atoms with van der Waals surface area (Å²) < 4.78 is 94.6. The Hall–Kier alpha value is -2.55. The van der Waals surface area contributed by atoms with Gasteiger partial charge in [-0.25, -0.2) is 27.6 Å². The van der Waals surface area contributed by atoms with Gasteiger partial charge in [0.15, 0.2) is 34.3 Å². The van der Waals surface area contributed by atoms with Gasteiger partial charge in [-0.05, 0) is 111 Å². The Balaban J connectivity index is 0.000000246. The molecule has 0 aromatic rings. The summed E-state index contributed by atoms with van der Waals surface area (Å²) >= 11 is -5.74. The van der Waals surface area contributed by atoms with Crippen molar-refractivity contribution >= 4 is 23.3 Å². The number of carbonyl (C=O) groups excluding carboxylic acids is 3. The summed E-state index contributed by atoms with van der Waals surface area (Å²) in [5.74, 6) is -7.31. The molecule has 6 saturated carbocycles. The van der Waals surface area contributed by atoms with E-state index in [-0.39, 0.29) is 52.5 Å².